The molecule has 2 rings (SSSR count). The average molecular weight is 296 g/mol. The van der Waals surface area contributed by atoms with Crippen molar-refractivity contribution in [3.8, 4) is 5.75 Å². The number of pyridine rings is 1. The fourth-order valence-corrected chi connectivity index (χ4v) is 2.20. The highest BCUT2D eigenvalue weighted by atomic mass is 19.4. The van der Waals surface area contributed by atoms with Crippen LogP contribution in [0.5, 0.6) is 5.75 Å². The van der Waals surface area contributed by atoms with Crippen molar-refractivity contribution in [2.75, 3.05) is 7.05 Å². The Kier molecular flexibility index (Phi) is 4.47. The first-order valence-corrected chi connectivity index (χ1v) is 6.34. The smallest absolute Gasteiger partial charge is 0.406 e. The molecule has 0 aliphatic rings. The van der Waals surface area contributed by atoms with Crippen LogP contribution in [0.2, 0.25) is 0 Å². The molecule has 0 aliphatic heterocycles. The summed E-state index contributed by atoms with van der Waals surface area (Å²) in [6.45, 7) is 1.91. The van der Waals surface area contributed by atoms with Crippen molar-refractivity contribution in [2.45, 2.75) is 19.3 Å². The van der Waals surface area contributed by atoms with Crippen molar-refractivity contribution in [1.29, 1.82) is 0 Å². The summed E-state index contributed by atoms with van der Waals surface area (Å²) in [4.78, 5) is 4.02. The molecular weight excluding hydrogens is 281 g/mol. The molecule has 1 aromatic carbocycles. The van der Waals surface area contributed by atoms with Crippen LogP contribution in [-0.4, -0.2) is 18.4 Å². The predicted molar refractivity (Wildman–Crippen MR) is 73.0 cm³/mol. The fourth-order valence-electron chi connectivity index (χ4n) is 2.20. The van der Waals surface area contributed by atoms with Gasteiger partial charge < -0.3 is 10.1 Å². The van der Waals surface area contributed by atoms with Crippen molar-refractivity contribution in [2.24, 2.45) is 0 Å². The zero-order chi connectivity index (χ0) is 15.5. The van der Waals surface area contributed by atoms with E-state index in [-0.39, 0.29) is 11.8 Å². The predicted octanol–water partition coefficient (Wildman–Crippen LogP) is 3.60. The molecule has 1 aromatic heterocycles. The second kappa shape index (κ2) is 6.13. The van der Waals surface area contributed by atoms with E-state index in [1.165, 1.54) is 18.2 Å². The molecule has 0 radical (unpaired) electrons. The van der Waals surface area contributed by atoms with Crippen LogP contribution in [0.3, 0.4) is 0 Å². The second-order valence-corrected chi connectivity index (χ2v) is 4.57. The minimum atomic E-state index is -4.69. The minimum Gasteiger partial charge on any atom is -0.406 e. The van der Waals surface area contributed by atoms with Crippen molar-refractivity contribution in [3.05, 3.63) is 59.4 Å². The number of ether oxygens (including phenoxy) is 1. The molecule has 0 saturated heterocycles. The first-order chi connectivity index (χ1) is 9.90. The third-order valence-electron chi connectivity index (χ3n) is 3.09. The van der Waals surface area contributed by atoms with E-state index in [1.54, 1.807) is 25.5 Å². The molecule has 2 aromatic rings. The lowest BCUT2D eigenvalue weighted by Gasteiger charge is -2.20. The van der Waals surface area contributed by atoms with E-state index in [9.17, 15) is 13.2 Å². The summed E-state index contributed by atoms with van der Waals surface area (Å²) >= 11 is 0. The summed E-state index contributed by atoms with van der Waals surface area (Å²) in [6.07, 6.45) is -1.32. The Morgan fingerprint density at radius 2 is 2.00 bits per heavy atom. The van der Waals surface area contributed by atoms with Gasteiger partial charge in [0, 0.05) is 12.4 Å². The van der Waals surface area contributed by atoms with Gasteiger partial charge in [-0.25, -0.2) is 0 Å². The number of nitrogens with zero attached hydrogens (tertiary/aromatic N) is 1. The van der Waals surface area contributed by atoms with E-state index in [0.29, 0.717) is 5.56 Å². The van der Waals surface area contributed by atoms with Crippen LogP contribution in [0.1, 0.15) is 22.7 Å². The third-order valence-corrected chi connectivity index (χ3v) is 3.09. The van der Waals surface area contributed by atoms with Gasteiger partial charge in [-0.05, 0) is 48.9 Å². The summed E-state index contributed by atoms with van der Waals surface area (Å²) in [5, 5.41) is 3.10. The topological polar surface area (TPSA) is 34.1 Å². The number of hydrogen-bond donors (Lipinski definition) is 1. The van der Waals surface area contributed by atoms with Crippen LogP contribution in [0, 0.1) is 6.92 Å². The maximum absolute atomic E-state index is 12.3. The SMILES string of the molecule is CNC(c1cccc(OC(F)(F)F)c1)c1ccncc1C. The van der Waals surface area contributed by atoms with Gasteiger partial charge in [0.15, 0.2) is 0 Å². The summed E-state index contributed by atoms with van der Waals surface area (Å²) in [5.41, 5.74) is 2.60. The standard InChI is InChI=1S/C15H15F3N2O/c1-10-9-20-7-6-13(10)14(19-2)11-4-3-5-12(8-11)21-15(16,17)18/h3-9,14,19H,1-2H3. The molecule has 3 nitrogen and oxygen atoms in total. The number of hydrogen-bond acceptors (Lipinski definition) is 3. The number of benzene rings is 1. The van der Waals surface area contributed by atoms with Crippen LogP contribution in [0.15, 0.2) is 42.7 Å². The van der Waals surface area contributed by atoms with Gasteiger partial charge in [-0.1, -0.05) is 12.1 Å². The molecule has 112 valence electrons. The summed E-state index contributed by atoms with van der Waals surface area (Å²) < 4.78 is 40.9. The molecule has 6 heteroatoms. The molecule has 1 N–H and O–H groups in total. The van der Waals surface area contributed by atoms with Gasteiger partial charge in [0.05, 0.1) is 6.04 Å². The van der Waals surface area contributed by atoms with Gasteiger partial charge in [-0.15, -0.1) is 13.2 Å². The number of aromatic nitrogens is 1. The zero-order valence-electron chi connectivity index (χ0n) is 11.6. The van der Waals surface area contributed by atoms with Gasteiger partial charge in [0.1, 0.15) is 5.75 Å². The molecular formula is C15H15F3N2O. The van der Waals surface area contributed by atoms with E-state index in [1.807, 2.05) is 13.0 Å². The Labute approximate surface area is 120 Å². The Balaban J connectivity index is 2.35. The fraction of sp³-hybridized carbons (Fsp3) is 0.267. The quantitative estimate of drug-likeness (QED) is 0.936. The van der Waals surface area contributed by atoms with E-state index >= 15 is 0 Å². The molecule has 0 spiro atoms. The molecule has 0 amide bonds. The van der Waals surface area contributed by atoms with Crippen molar-refractivity contribution >= 4 is 0 Å². The Morgan fingerprint density at radius 1 is 1.24 bits per heavy atom. The van der Waals surface area contributed by atoms with E-state index in [4.69, 9.17) is 0 Å². The van der Waals surface area contributed by atoms with E-state index in [2.05, 4.69) is 15.0 Å². The molecule has 21 heavy (non-hydrogen) atoms. The highest BCUT2D eigenvalue weighted by molar-refractivity contribution is 5.38. The number of nitrogens with one attached hydrogen (secondary N) is 1. The van der Waals surface area contributed by atoms with Crippen LogP contribution >= 0.6 is 0 Å². The third kappa shape index (κ3) is 3.95. The normalized spacial score (nSPS) is 13.0. The van der Waals surface area contributed by atoms with Crippen LogP contribution < -0.4 is 10.1 Å². The maximum Gasteiger partial charge on any atom is 0.573 e. The summed E-state index contributed by atoms with van der Waals surface area (Å²) in [6, 6.07) is 7.57. The number of alkyl halides is 3. The Morgan fingerprint density at radius 3 is 2.62 bits per heavy atom. The molecule has 0 aliphatic carbocycles. The van der Waals surface area contributed by atoms with Gasteiger partial charge >= 0.3 is 6.36 Å². The Hall–Kier alpha value is -2.08. The lowest BCUT2D eigenvalue weighted by atomic mass is 9.96. The molecule has 1 heterocycles. The van der Waals surface area contributed by atoms with Gasteiger partial charge in [-0.2, -0.15) is 0 Å². The van der Waals surface area contributed by atoms with E-state index < -0.39 is 6.36 Å². The second-order valence-electron chi connectivity index (χ2n) is 4.57. The lowest BCUT2D eigenvalue weighted by molar-refractivity contribution is -0.274. The molecule has 0 bridgehead atoms. The van der Waals surface area contributed by atoms with Crippen molar-refractivity contribution in [1.82, 2.24) is 10.3 Å². The number of rotatable bonds is 4. The zero-order valence-corrected chi connectivity index (χ0v) is 11.6. The highest BCUT2D eigenvalue weighted by Gasteiger charge is 2.31. The lowest BCUT2D eigenvalue weighted by Crippen LogP contribution is -2.20. The Bertz CT molecular complexity index is 614. The minimum absolute atomic E-state index is 0.230. The van der Waals surface area contributed by atoms with E-state index in [0.717, 1.165) is 11.1 Å². The number of halogens is 3. The number of aryl methyl sites for hydroxylation is 1. The van der Waals surface area contributed by atoms with Gasteiger partial charge in [0.25, 0.3) is 0 Å². The van der Waals surface area contributed by atoms with Crippen LogP contribution in [0.25, 0.3) is 0 Å². The highest BCUT2D eigenvalue weighted by Crippen LogP contribution is 2.29. The molecule has 1 unspecified atom stereocenters. The van der Waals surface area contributed by atoms with Gasteiger partial charge in [0.2, 0.25) is 0 Å². The van der Waals surface area contributed by atoms with Crippen molar-refractivity contribution in [3.63, 3.8) is 0 Å². The maximum atomic E-state index is 12.3. The molecule has 0 fully saturated rings. The first kappa shape index (κ1) is 15.3. The summed E-state index contributed by atoms with van der Waals surface area (Å²) in [5.74, 6) is -0.230. The average Bonchev–Trinajstić information content (AvgIpc) is 2.40. The van der Waals surface area contributed by atoms with Crippen LogP contribution in [-0.2, 0) is 0 Å². The first-order valence-electron chi connectivity index (χ1n) is 6.34. The molecule has 0 saturated carbocycles. The largest absolute Gasteiger partial charge is 0.573 e. The van der Waals surface area contributed by atoms with Crippen molar-refractivity contribution < 1.29 is 17.9 Å². The monoisotopic (exact) mass is 296 g/mol. The van der Waals surface area contributed by atoms with Crippen LogP contribution in [0.4, 0.5) is 13.2 Å². The van der Waals surface area contributed by atoms with Gasteiger partial charge in [-0.3, -0.25) is 4.98 Å². The summed E-state index contributed by atoms with van der Waals surface area (Å²) in [7, 11) is 1.75. The molecule has 1 atom stereocenters.